The number of fused-ring (bicyclic) bond motifs is 1. The number of anilines is 1. The number of morpholine rings is 1. The molecule has 0 radical (unpaired) electrons. The molecule has 1 N–H and O–H groups in total. The molecular weight excluding hydrogens is 418 g/mol. The van der Waals surface area contributed by atoms with E-state index in [0.29, 0.717) is 42.5 Å². The van der Waals surface area contributed by atoms with Gasteiger partial charge in [0.25, 0.3) is 0 Å². The van der Waals surface area contributed by atoms with E-state index in [1.54, 1.807) is 18.2 Å². The van der Waals surface area contributed by atoms with Crippen molar-refractivity contribution >= 4 is 28.5 Å². The number of aliphatic hydroxyl groups excluding tert-OH is 1. The van der Waals surface area contributed by atoms with Crippen LogP contribution >= 0.6 is 11.6 Å². The Bertz CT molecular complexity index is 1070. The lowest BCUT2D eigenvalue weighted by Gasteiger charge is -2.34. The molecular formula is C20H19ClF2N4O3. The zero-order valence-electron chi connectivity index (χ0n) is 16.1. The van der Waals surface area contributed by atoms with E-state index in [-0.39, 0.29) is 22.6 Å². The molecule has 10 heteroatoms. The molecule has 1 unspecified atom stereocenters. The van der Waals surface area contributed by atoms with Crippen LogP contribution in [0.1, 0.15) is 12.5 Å². The number of hydrogen-bond donors (Lipinski definition) is 1. The van der Waals surface area contributed by atoms with Crippen LogP contribution in [-0.2, 0) is 11.3 Å². The molecule has 1 saturated heterocycles. The molecule has 30 heavy (non-hydrogen) atoms. The monoisotopic (exact) mass is 436 g/mol. The molecule has 0 amide bonds. The highest BCUT2D eigenvalue weighted by Crippen LogP contribution is 2.31. The predicted molar refractivity (Wildman–Crippen MR) is 108 cm³/mol. The van der Waals surface area contributed by atoms with Gasteiger partial charge in [-0.2, -0.15) is 18.7 Å². The van der Waals surface area contributed by atoms with Crippen molar-refractivity contribution in [3.63, 3.8) is 0 Å². The molecule has 2 aromatic heterocycles. The summed E-state index contributed by atoms with van der Waals surface area (Å²) in [5.41, 5.74) is 1.83. The van der Waals surface area contributed by atoms with E-state index >= 15 is 0 Å². The maximum absolute atomic E-state index is 12.5. The third kappa shape index (κ3) is 4.14. The minimum absolute atomic E-state index is 0.0778. The van der Waals surface area contributed by atoms with Crippen molar-refractivity contribution in [3.05, 3.63) is 41.2 Å². The quantitative estimate of drug-likeness (QED) is 0.611. The fourth-order valence-corrected chi connectivity index (χ4v) is 3.62. The second-order valence-corrected chi connectivity index (χ2v) is 7.20. The SMILES string of the molecule is CC1COCCN1c1nc(Cl)nc2nc(-c3ccc(OC(F)F)c(CO)c3)ccc12. The third-order valence-electron chi connectivity index (χ3n) is 4.89. The van der Waals surface area contributed by atoms with Crippen LogP contribution in [-0.4, -0.2) is 52.5 Å². The van der Waals surface area contributed by atoms with E-state index < -0.39 is 13.2 Å². The Hall–Kier alpha value is -2.62. The van der Waals surface area contributed by atoms with Crippen LogP contribution in [0.3, 0.4) is 0 Å². The van der Waals surface area contributed by atoms with Gasteiger partial charge in [-0.3, -0.25) is 0 Å². The number of halogens is 3. The molecule has 0 saturated carbocycles. The zero-order chi connectivity index (χ0) is 21.3. The summed E-state index contributed by atoms with van der Waals surface area (Å²) in [7, 11) is 0. The first-order chi connectivity index (χ1) is 14.5. The predicted octanol–water partition coefficient (Wildman–Crippen LogP) is 3.66. The topological polar surface area (TPSA) is 80.6 Å². The Morgan fingerprint density at radius 1 is 1.27 bits per heavy atom. The second-order valence-electron chi connectivity index (χ2n) is 6.86. The van der Waals surface area contributed by atoms with Gasteiger partial charge in [-0.05, 0) is 48.9 Å². The molecule has 7 nitrogen and oxygen atoms in total. The Labute approximate surface area is 176 Å². The van der Waals surface area contributed by atoms with Gasteiger partial charge < -0.3 is 19.5 Å². The molecule has 158 valence electrons. The lowest BCUT2D eigenvalue weighted by molar-refractivity contribution is -0.0509. The molecule has 3 aromatic rings. The average Bonchev–Trinajstić information content (AvgIpc) is 2.73. The normalized spacial score (nSPS) is 17.0. The van der Waals surface area contributed by atoms with Gasteiger partial charge in [0.1, 0.15) is 11.6 Å². The average molecular weight is 437 g/mol. The minimum Gasteiger partial charge on any atom is -0.434 e. The van der Waals surface area contributed by atoms with Crippen molar-refractivity contribution in [1.29, 1.82) is 0 Å². The van der Waals surface area contributed by atoms with E-state index in [2.05, 4.69) is 24.6 Å². The lowest BCUT2D eigenvalue weighted by Crippen LogP contribution is -2.44. The molecule has 0 spiro atoms. The van der Waals surface area contributed by atoms with Crippen LogP contribution in [0, 0.1) is 0 Å². The standard InChI is InChI=1S/C20H19ClF2N4O3/c1-11-10-29-7-6-27(11)18-14-3-4-15(24-17(14)25-19(21)26-18)12-2-5-16(30-20(22)23)13(8-12)9-28/h2-5,8,11,20,28H,6-7,9-10H2,1H3. The van der Waals surface area contributed by atoms with Crippen LogP contribution < -0.4 is 9.64 Å². The van der Waals surface area contributed by atoms with Gasteiger partial charge in [-0.1, -0.05) is 0 Å². The molecule has 1 aliphatic rings. The van der Waals surface area contributed by atoms with Crippen LogP contribution in [0.2, 0.25) is 5.28 Å². The first-order valence-corrected chi connectivity index (χ1v) is 9.71. The van der Waals surface area contributed by atoms with Gasteiger partial charge in [0, 0.05) is 17.7 Å². The van der Waals surface area contributed by atoms with Gasteiger partial charge in [0.05, 0.1) is 36.9 Å². The number of aromatic nitrogens is 3. The Kier molecular flexibility index (Phi) is 5.94. The first-order valence-electron chi connectivity index (χ1n) is 9.34. The van der Waals surface area contributed by atoms with Crippen molar-refractivity contribution in [2.75, 3.05) is 24.7 Å². The molecule has 0 bridgehead atoms. The number of ether oxygens (including phenoxy) is 2. The summed E-state index contributed by atoms with van der Waals surface area (Å²) in [6.07, 6.45) is 0. The minimum atomic E-state index is -2.97. The largest absolute Gasteiger partial charge is 0.434 e. The summed E-state index contributed by atoms with van der Waals surface area (Å²) >= 11 is 6.17. The van der Waals surface area contributed by atoms with Gasteiger partial charge in [0.2, 0.25) is 5.28 Å². The number of benzene rings is 1. The second kappa shape index (κ2) is 8.63. The highest BCUT2D eigenvalue weighted by molar-refractivity contribution is 6.28. The van der Waals surface area contributed by atoms with Crippen molar-refractivity contribution in [2.45, 2.75) is 26.2 Å². The number of pyridine rings is 1. The van der Waals surface area contributed by atoms with Crippen molar-refractivity contribution in [3.8, 4) is 17.0 Å². The Morgan fingerprint density at radius 3 is 2.83 bits per heavy atom. The third-order valence-corrected chi connectivity index (χ3v) is 5.06. The van der Waals surface area contributed by atoms with Gasteiger partial charge in [0.15, 0.2) is 5.65 Å². The smallest absolute Gasteiger partial charge is 0.387 e. The molecule has 1 atom stereocenters. The lowest BCUT2D eigenvalue weighted by atomic mass is 10.1. The maximum atomic E-state index is 12.5. The Balaban J connectivity index is 1.75. The number of nitrogens with zero attached hydrogens (tertiary/aromatic N) is 4. The molecule has 1 fully saturated rings. The maximum Gasteiger partial charge on any atom is 0.387 e. The van der Waals surface area contributed by atoms with Crippen LogP contribution in [0.5, 0.6) is 5.75 Å². The number of hydrogen-bond acceptors (Lipinski definition) is 7. The van der Waals surface area contributed by atoms with Crippen molar-refractivity contribution in [1.82, 2.24) is 15.0 Å². The summed E-state index contributed by atoms with van der Waals surface area (Å²) in [6.45, 7) is 0.483. The van der Waals surface area contributed by atoms with E-state index in [0.717, 1.165) is 5.39 Å². The highest BCUT2D eigenvalue weighted by Gasteiger charge is 2.23. The van der Waals surface area contributed by atoms with E-state index in [1.807, 2.05) is 13.0 Å². The summed E-state index contributed by atoms with van der Waals surface area (Å²) in [4.78, 5) is 15.4. The van der Waals surface area contributed by atoms with Gasteiger partial charge >= 0.3 is 6.61 Å². The number of alkyl halides is 2. The zero-order valence-corrected chi connectivity index (χ0v) is 16.8. The van der Waals surface area contributed by atoms with E-state index in [9.17, 15) is 13.9 Å². The summed E-state index contributed by atoms with van der Waals surface area (Å²) < 4.78 is 35.0. The van der Waals surface area contributed by atoms with Crippen LogP contribution in [0.25, 0.3) is 22.3 Å². The molecule has 1 aromatic carbocycles. The van der Waals surface area contributed by atoms with Crippen LogP contribution in [0.4, 0.5) is 14.6 Å². The highest BCUT2D eigenvalue weighted by atomic mass is 35.5. The van der Waals surface area contributed by atoms with E-state index in [4.69, 9.17) is 16.3 Å². The summed E-state index contributed by atoms with van der Waals surface area (Å²) in [5, 5.41) is 10.3. The molecule has 1 aliphatic heterocycles. The fourth-order valence-electron chi connectivity index (χ4n) is 3.46. The van der Waals surface area contributed by atoms with E-state index in [1.165, 1.54) is 6.07 Å². The number of aliphatic hydroxyl groups is 1. The molecule has 4 rings (SSSR count). The number of rotatable bonds is 5. The van der Waals surface area contributed by atoms with Gasteiger partial charge in [-0.15, -0.1) is 0 Å². The fraction of sp³-hybridized carbons (Fsp3) is 0.350. The van der Waals surface area contributed by atoms with Crippen LogP contribution in [0.15, 0.2) is 30.3 Å². The summed E-state index contributed by atoms with van der Waals surface area (Å²) in [5.74, 6) is 0.613. The van der Waals surface area contributed by atoms with Gasteiger partial charge in [-0.25, -0.2) is 4.98 Å². The molecule has 0 aliphatic carbocycles. The molecule has 3 heterocycles. The van der Waals surface area contributed by atoms with Crippen molar-refractivity contribution in [2.24, 2.45) is 0 Å². The summed E-state index contributed by atoms with van der Waals surface area (Å²) in [6, 6.07) is 8.30. The first kappa shape index (κ1) is 20.6. The Morgan fingerprint density at radius 2 is 2.10 bits per heavy atom. The van der Waals surface area contributed by atoms with Crippen molar-refractivity contribution < 1.29 is 23.4 Å².